The summed E-state index contributed by atoms with van der Waals surface area (Å²) in [6.07, 6.45) is 2.41. The van der Waals surface area contributed by atoms with Gasteiger partial charge in [-0.05, 0) is 42.4 Å². The maximum Gasteiger partial charge on any atom is 0.276 e. The minimum atomic E-state index is -0.171. The minimum absolute atomic E-state index is 0.171. The van der Waals surface area contributed by atoms with E-state index in [2.05, 4.69) is 5.32 Å². The molecule has 1 aromatic rings. The number of amides is 1. The number of carbonyl (C=O) groups excluding carboxylic acids is 1. The number of rotatable bonds is 8. The summed E-state index contributed by atoms with van der Waals surface area (Å²) >= 11 is 5.24. The molecule has 0 unspecified atom stereocenters. The number of hydrogen-bond acceptors (Lipinski definition) is 6. The first-order chi connectivity index (χ1) is 12.0. The van der Waals surface area contributed by atoms with Gasteiger partial charge >= 0.3 is 0 Å². The van der Waals surface area contributed by atoms with Crippen LogP contribution >= 0.6 is 12.2 Å². The molecule has 0 spiro atoms. The summed E-state index contributed by atoms with van der Waals surface area (Å²) in [5.41, 5.74) is 1.13. The van der Waals surface area contributed by atoms with Crippen LogP contribution in [0.15, 0.2) is 17.8 Å². The van der Waals surface area contributed by atoms with Crippen molar-refractivity contribution in [1.82, 2.24) is 10.2 Å². The summed E-state index contributed by atoms with van der Waals surface area (Å²) in [5.74, 6) is 1.35. The normalized spacial score (nSPS) is 15.5. The molecule has 0 aliphatic carbocycles. The van der Waals surface area contributed by atoms with Crippen molar-refractivity contribution in [3.05, 3.63) is 23.4 Å². The molecule has 25 heavy (non-hydrogen) atoms. The molecule has 0 bridgehead atoms. The Hall–Kier alpha value is -2.32. The van der Waals surface area contributed by atoms with Gasteiger partial charge in [0.25, 0.3) is 5.91 Å². The molecule has 0 atom stereocenters. The van der Waals surface area contributed by atoms with Crippen LogP contribution in [0.25, 0.3) is 6.08 Å². The molecule has 7 nitrogen and oxygen atoms in total. The Bertz CT molecular complexity index is 665. The Morgan fingerprint density at radius 3 is 2.28 bits per heavy atom. The van der Waals surface area contributed by atoms with E-state index in [4.69, 9.17) is 31.2 Å². The molecule has 1 aliphatic rings. The highest BCUT2D eigenvalue weighted by Gasteiger charge is 2.30. The molecule has 0 aromatic heterocycles. The van der Waals surface area contributed by atoms with Gasteiger partial charge in [0.1, 0.15) is 5.70 Å². The average Bonchev–Trinajstić information content (AvgIpc) is 2.88. The molecule has 136 valence electrons. The lowest BCUT2D eigenvalue weighted by molar-refractivity contribution is -0.122. The summed E-state index contributed by atoms with van der Waals surface area (Å²) in [7, 11) is 6.24. The molecule has 1 N–H and O–H groups in total. The zero-order valence-corrected chi connectivity index (χ0v) is 15.6. The molecule has 0 saturated carbocycles. The number of ether oxygens (including phenoxy) is 4. The van der Waals surface area contributed by atoms with Crippen molar-refractivity contribution in [2.45, 2.75) is 6.42 Å². The van der Waals surface area contributed by atoms with Crippen LogP contribution in [-0.4, -0.2) is 57.5 Å². The van der Waals surface area contributed by atoms with Crippen LogP contribution < -0.4 is 19.5 Å². The second-order valence-corrected chi connectivity index (χ2v) is 5.64. The van der Waals surface area contributed by atoms with E-state index >= 15 is 0 Å². The molecular formula is C17H22N2O5S. The van der Waals surface area contributed by atoms with Crippen LogP contribution in [0.3, 0.4) is 0 Å². The number of benzene rings is 1. The first-order valence-electron chi connectivity index (χ1n) is 7.69. The summed E-state index contributed by atoms with van der Waals surface area (Å²) < 4.78 is 21.0. The smallest absolute Gasteiger partial charge is 0.276 e. The van der Waals surface area contributed by atoms with Crippen LogP contribution in [0, 0.1) is 0 Å². The van der Waals surface area contributed by atoms with Crippen molar-refractivity contribution in [3.8, 4) is 17.2 Å². The molecule has 1 amide bonds. The molecule has 8 heteroatoms. The Labute approximate surface area is 152 Å². The number of hydrogen-bond donors (Lipinski definition) is 1. The highest BCUT2D eigenvalue weighted by atomic mass is 32.1. The van der Waals surface area contributed by atoms with Crippen molar-refractivity contribution < 1.29 is 23.7 Å². The van der Waals surface area contributed by atoms with Gasteiger partial charge in [0.15, 0.2) is 16.6 Å². The van der Waals surface area contributed by atoms with Crippen molar-refractivity contribution in [2.75, 3.05) is 41.6 Å². The highest BCUT2D eigenvalue weighted by molar-refractivity contribution is 7.80. The van der Waals surface area contributed by atoms with Gasteiger partial charge in [0, 0.05) is 20.3 Å². The number of methoxy groups -OCH3 is 4. The van der Waals surface area contributed by atoms with E-state index in [1.54, 1.807) is 39.5 Å². The molecular weight excluding hydrogens is 344 g/mol. The largest absolute Gasteiger partial charge is 0.493 e. The van der Waals surface area contributed by atoms with Gasteiger partial charge in [-0.15, -0.1) is 0 Å². The van der Waals surface area contributed by atoms with Gasteiger partial charge in [0.05, 0.1) is 21.3 Å². The highest BCUT2D eigenvalue weighted by Crippen LogP contribution is 2.38. The van der Waals surface area contributed by atoms with Crippen LogP contribution in [0.2, 0.25) is 0 Å². The number of carbonyl (C=O) groups is 1. The first kappa shape index (κ1) is 19.0. The van der Waals surface area contributed by atoms with Crippen molar-refractivity contribution in [2.24, 2.45) is 0 Å². The lowest BCUT2D eigenvalue weighted by Crippen LogP contribution is -2.32. The molecule has 0 radical (unpaired) electrons. The third-order valence-electron chi connectivity index (χ3n) is 3.69. The van der Waals surface area contributed by atoms with Crippen LogP contribution in [0.5, 0.6) is 17.2 Å². The van der Waals surface area contributed by atoms with E-state index in [0.717, 1.165) is 5.56 Å². The van der Waals surface area contributed by atoms with Crippen molar-refractivity contribution in [3.63, 3.8) is 0 Å². The standard InChI is InChI=1S/C17H22N2O5S/c1-21-7-5-6-19-16(20)12(18-17(19)25)8-11-9-13(22-2)15(24-4)14(10-11)23-3/h8-10H,5-7H2,1-4H3,(H,18,25)/b12-8+. The quantitative estimate of drug-likeness (QED) is 0.427. The van der Waals surface area contributed by atoms with E-state index < -0.39 is 0 Å². The SMILES string of the molecule is COCCCN1C(=O)/C(=C\c2cc(OC)c(OC)c(OC)c2)NC1=S. The van der Waals surface area contributed by atoms with Crippen LogP contribution in [0.1, 0.15) is 12.0 Å². The van der Waals surface area contributed by atoms with E-state index in [9.17, 15) is 4.79 Å². The maximum absolute atomic E-state index is 12.5. The molecule has 1 aromatic carbocycles. The van der Waals surface area contributed by atoms with Gasteiger partial charge in [-0.2, -0.15) is 0 Å². The van der Waals surface area contributed by atoms with E-state index in [1.807, 2.05) is 0 Å². The Kier molecular flexibility index (Phi) is 6.60. The first-order valence-corrected chi connectivity index (χ1v) is 8.10. The fraction of sp³-hybridized carbons (Fsp3) is 0.412. The topological polar surface area (TPSA) is 69.3 Å². The second kappa shape index (κ2) is 8.68. The Balaban J connectivity index is 2.28. The number of nitrogens with one attached hydrogen (secondary N) is 1. The summed E-state index contributed by atoms with van der Waals surface area (Å²) in [6.45, 7) is 1.07. The van der Waals surface area contributed by atoms with Crippen LogP contribution in [-0.2, 0) is 9.53 Å². The molecule has 1 aliphatic heterocycles. The summed E-state index contributed by atoms with van der Waals surface area (Å²) in [4.78, 5) is 14.1. The van der Waals surface area contributed by atoms with Gasteiger partial charge in [-0.25, -0.2) is 0 Å². The van der Waals surface area contributed by atoms with E-state index in [-0.39, 0.29) is 5.91 Å². The fourth-order valence-corrected chi connectivity index (χ4v) is 2.78. The molecule has 1 heterocycles. The predicted octanol–water partition coefficient (Wildman–Crippen LogP) is 1.81. The van der Waals surface area contributed by atoms with Crippen LogP contribution in [0.4, 0.5) is 0 Å². The zero-order chi connectivity index (χ0) is 18.4. The predicted molar refractivity (Wildman–Crippen MR) is 98.0 cm³/mol. The molecule has 1 saturated heterocycles. The second-order valence-electron chi connectivity index (χ2n) is 5.25. The van der Waals surface area contributed by atoms with Crippen molar-refractivity contribution in [1.29, 1.82) is 0 Å². The molecule has 1 fully saturated rings. The summed E-state index contributed by atoms with van der Waals surface area (Å²) in [5, 5.41) is 3.34. The van der Waals surface area contributed by atoms with E-state index in [0.29, 0.717) is 47.6 Å². The van der Waals surface area contributed by atoms with Gasteiger partial charge in [-0.1, -0.05) is 0 Å². The molecule has 2 rings (SSSR count). The zero-order valence-electron chi connectivity index (χ0n) is 14.8. The Morgan fingerprint density at radius 2 is 1.76 bits per heavy atom. The lowest BCUT2D eigenvalue weighted by atomic mass is 10.1. The van der Waals surface area contributed by atoms with E-state index in [1.165, 1.54) is 12.0 Å². The van der Waals surface area contributed by atoms with Gasteiger partial charge in [-0.3, -0.25) is 9.69 Å². The summed E-state index contributed by atoms with van der Waals surface area (Å²) in [6, 6.07) is 3.53. The third kappa shape index (κ3) is 4.21. The van der Waals surface area contributed by atoms with Crippen molar-refractivity contribution >= 4 is 29.3 Å². The lowest BCUT2D eigenvalue weighted by Gasteiger charge is -2.13. The Morgan fingerprint density at radius 1 is 1.12 bits per heavy atom. The fourth-order valence-electron chi connectivity index (χ4n) is 2.49. The third-order valence-corrected chi connectivity index (χ3v) is 4.01. The van der Waals surface area contributed by atoms with Gasteiger partial charge in [0.2, 0.25) is 5.75 Å². The minimum Gasteiger partial charge on any atom is -0.493 e. The number of nitrogens with zero attached hydrogens (tertiary/aromatic N) is 1. The average molecular weight is 366 g/mol. The monoisotopic (exact) mass is 366 g/mol. The number of thiocarbonyl (C=S) groups is 1. The maximum atomic E-state index is 12.5. The van der Waals surface area contributed by atoms with Gasteiger partial charge < -0.3 is 24.3 Å².